The van der Waals surface area contributed by atoms with Gasteiger partial charge in [-0.3, -0.25) is 14.5 Å². The standard InChI is InChI=1S/C16H20FN5O3/c1-20-4-5-21-6-7-22(9-13(21)15(20)24)16(25)19-10-2-3-12(17)11(8-10)14(18)23/h2-3,8,13H,4-7,9H2,1H3,(H2,18,23)(H,19,25)/t13-/m1/s1. The Kier molecular flexibility index (Phi) is 4.58. The number of primary amides is 1. The van der Waals surface area contributed by atoms with Gasteiger partial charge < -0.3 is 20.9 Å². The highest BCUT2D eigenvalue weighted by Gasteiger charge is 2.38. The van der Waals surface area contributed by atoms with Gasteiger partial charge in [-0.1, -0.05) is 0 Å². The number of carbonyl (C=O) groups excluding carboxylic acids is 3. The van der Waals surface area contributed by atoms with Crippen LogP contribution in [0, 0.1) is 5.82 Å². The first kappa shape index (κ1) is 17.2. The summed E-state index contributed by atoms with van der Waals surface area (Å²) in [4.78, 5) is 41.2. The highest BCUT2D eigenvalue weighted by Crippen LogP contribution is 2.18. The summed E-state index contributed by atoms with van der Waals surface area (Å²) >= 11 is 0. The average molecular weight is 349 g/mol. The lowest BCUT2D eigenvalue weighted by atomic mass is 10.1. The number of amides is 4. The number of hydrogen-bond donors (Lipinski definition) is 2. The van der Waals surface area contributed by atoms with Crippen LogP contribution in [-0.2, 0) is 4.79 Å². The molecule has 0 radical (unpaired) electrons. The van der Waals surface area contributed by atoms with Gasteiger partial charge in [0.05, 0.1) is 5.56 Å². The minimum Gasteiger partial charge on any atom is -0.366 e. The Morgan fingerprint density at radius 3 is 2.68 bits per heavy atom. The number of urea groups is 1. The summed E-state index contributed by atoms with van der Waals surface area (Å²) in [6.45, 7) is 2.88. The molecular formula is C16H20FN5O3. The molecule has 134 valence electrons. The maximum absolute atomic E-state index is 13.5. The minimum atomic E-state index is -0.905. The molecule has 0 aromatic heterocycles. The summed E-state index contributed by atoms with van der Waals surface area (Å²) in [6, 6.07) is 2.89. The van der Waals surface area contributed by atoms with Gasteiger partial charge in [0, 0.05) is 45.5 Å². The maximum Gasteiger partial charge on any atom is 0.321 e. The van der Waals surface area contributed by atoms with E-state index in [1.54, 1.807) is 16.8 Å². The first-order valence-electron chi connectivity index (χ1n) is 8.01. The number of nitrogens with zero attached hydrogens (tertiary/aromatic N) is 3. The molecule has 1 aromatic rings. The molecule has 3 rings (SSSR count). The molecule has 1 atom stereocenters. The molecule has 9 heteroatoms. The maximum atomic E-state index is 13.5. The number of nitrogens with two attached hydrogens (primary N) is 1. The van der Waals surface area contributed by atoms with E-state index in [0.29, 0.717) is 26.2 Å². The zero-order chi connectivity index (χ0) is 18.1. The van der Waals surface area contributed by atoms with Crippen molar-refractivity contribution in [1.82, 2.24) is 14.7 Å². The van der Waals surface area contributed by atoms with E-state index in [2.05, 4.69) is 10.2 Å². The van der Waals surface area contributed by atoms with Crippen LogP contribution in [-0.4, -0.2) is 78.4 Å². The van der Waals surface area contributed by atoms with Crippen molar-refractivity contribution in [1.29, 1.82) is 0 Å². The number of anilines is 1. The first-order chi connectivity index (χ1) is 11.9. The SMILES string of the molecule is CN1CCN2CCN(C(=O)Nc3ccc(F)c(C(N)=O)c3)C[C@@H]2C1=O. The predicted molar refractivity (Wildman–Crippen MR) is 88.5 cm³/mol. The highest BCUT2D eigenvalue weighted by atomic mass is 19.1. The Labute approximate surface area is 144 Å². The van der Waals surface area contributed by atoms with Crippen LogP contribution >= 0.6 is 0 Å². The second kappa shape index (κ2) is 6.67. The van der Waals surface area contributed by atoms with Crippen LogP contribution in [0.25, 0.3) is 0 Å². The molecular weight excluding hydrogens is 329 g/mol. The molecule has 0 saturated carbocycles. The summed E-state index contributed by atoms with van der Waals surface area (Å²) < 4.78 is 13.5. The minimum absolute atomic E-state index is 0.00143. The van der Waals surface area contributed by atoms with Crippen molar-refractivity contribution in [3.05, 3.63) is 29.6 Å². The Morgan fingerprint density at radius 2 is 1.96 bits per heavy atom. The fraction of sp³-hybridized carbons (Fsp3) is 0.438. The molecule has 2 heterocycles. The van der Waals surface area contributed by atoms with Crippen LogP contribution in [0.4, 0.5) is 14.9 Å². The third-order valence-corrected chi connectivity index (χ3v) is 4.65. The number of carbonyl (C=O) groups is 3. The van der Waals surface area contributed by atoms with E-state index in [0.717, 1.165) is 12.6 Å². The number of halogens is 1. The van der Waals surface area contributed by atoms with Gasteiger partial charge in [-0.05, 0) is 18.2 Å². The average Bonchev–Trinajstić information content (AvgIpc) is 2.59. The number of nitrogens with one attached hydrogen (secondary N) is 1. The summed E-state index contributed by atoms with van der Waals surface area (Å²) in [5.74, 6) is -1.64. The zero-order valence-electron chi connectivity index (χ0n) is 13.9. The van der Waals surface area contributed by atoms with Crippen LogP contribution in [0.2, 0.25) is 0 Å². The molecule has 3 N–H and O–H groups in total. The van der Waals surface area contributed by atoms with Crippen molar-refractivity contribution in [2.45, 2.75) is 6.04 Å². The molecule has 0 bridgehead atoms. The van der Waals surface area contributed by atoms with E-state index in [-0.39, 0.29) is 23.2 Å². The van der Waals surface area contributed by atoms with Gasteiger partial charge in [-0.2, -0.15) is 0 Å². The molecule has 0 spiro atoms. The van der Waals surface area contributed by atoms with Crippen molar-refractivity contribution in [3.8, 4) is 0 Å². The monoisotopic (exact) mass is 349 g/mol. The largest absolute Gasteiger partial charge is 0.366 e. The Bertz CT molecular complexity index is 726. The van der Waals surface area contributed by atoms with E-state index >= 15 is 0 Å². The molecule has 4 amide bonds. The second-order valence-electron chi connectivity index (χ2n) is 6.25. The van der Waals surface area contributed by atoms with Crippen molar-refractivity contribution in [2.24, 2.45) is 5.73 Å². The van der Waals surface area contributed by atoms with Crippen molar-refractivity contribution in [3.63, 3.8) is 0 Å². The summed E-state index contributed by atoms with van der Waals surface area (Å²) in [7, 11) is 1.75. The van der Waals surface area contributed by atoms with Crippen molar-refractivity contribution >= 4 is 23.5 Å². The van der Waals surface area contributed by atoms with Crippen LogP contribution in [0.1, 0.15) is 10.4 Å². The number of benzene rings is 1. The molecule has 2 fully saturated rings. The summed E-state index contributed by atoms with van der Waals surface area (Å²) in [5.41, 5.74) is 5.10. The molecule has 25 heavy (non-hydrogen) atoms. The number of likely N-dealkylation sites (N-methyl/N-ethyl adjacent to an activating group) is 1. The number of piperazine rings is 2. The van der Waals surface area contributed by atoms with E-state index in [1.165, 1.54) is 12.1 Å². The Morgan fingerprint density at radius 1 is 1.24 bits per heavy atom. The predicted octanol–water partition coefficient (Wildman–Crippen LogP) is -0.0853. The molecule has 1 aromatic carbocycles. The fourth-order valence-electron chi connectivity index (χ4n) is 3.14. The summed E-state index contributed by atoms with van der Waals surface area (Å²) in [6.07, 6.45) is 0. The van der Waals surface area contributed by atoms with Gasteiger partial charge in [-0.25, -0.2) is 9.18 Å². The van der Waals surface area contributed by atoms with Crippen LogP contribution < -0.4 is 11.1 Å². The second-order valence-corrected chi connectivity index (χ2v) is 6.25. The molecule has 8 nitrogen and oxygen atoms in total. The smallest absolute Gasteiger partial charge is 0.321 e. The third-order valence-electron chi connectivity index (χ3n) is 4.65. The Hall–Kier alpha value is -2.68. The van der Waals surface area contributed by atoms with E-state index in [1.807, 2.05) is 0 Å². The van der Waals surface area contributed by atoms with E-state index in [9.17, 15) is 18.8 Å². The molecule has 0 unspecified atom stereocenters. The topological polar surface area (TPSA) is 99.0 Å². The molecule has 2 saturated heterocycles. The summed E-state index contributed by atoms with van der Waals surface area (Å²) in [5, 5.41) is 2.62. The van der Waals surface area contributed by atoms with Crippen molar-refractivity contribution < 1.29 is 18.8 Å². The number of fused-ring (bicyclic) bond motifs is 1. The lowest BCUT2D eigenvalue weighted by molar-refractivity contribution is -0.142. The van der Waals surface area contributed by atoms with Gasteiger partial charge in [0.15, 0.2) is 0 Å². The van der Waals surface area contributed by atoms with Crippen LogP contribution in [0.5, 0.6) is 0 Å². The molecule has 2 aliphatic rings. The van der Waals surface area contributed by atoms with Crippen molar-refractivity contribution in [2.75, 3.05) is 45.1 Å². The normalized spacial score (nSPS) is 21.0. The van der Waals surface area contributed by atoms with Crippen LogP contribution in [0.3, 0.4) is 0 Å². The van der Waals surface area contributed by atoms with Gasteiger partial charge in [-0.15, -0.1) is 0 Å². The van der Waals surface area contributed by atoms with Gasteiger partial charge in [0.2, 0.25) is 5.91 Å². The van der Waals surface area contributed by atoms with E-state index in [4.69, 9.17) is 5.73 Å². The zero-order valence-corrected chi connectivity index (χ0v) is 13.9. The number of rotatable bonds is 2. The van der Waals surface area contributed by atoms with E-state index < -0.39 is 17.8 Å². The third kappa shape index (κ3) is 3.41. The molecule has 0 aliphatic carbocycles. The first-order valence-corrected chi connectivity index (χ1v) is 8.01. The quantitative estimate of drug-likeness (QED) is 0.780. The lowest BCUT2D eigenvalue weighted by Crippen LogP contribution is -2.65. The van der Waals surface area contributed by atoms with Gasteiger partial charge in [0.1, 0.15) is 11.9 Å². The van der Waals surface area contributed by atoms with Crippen LogP contribution in [0.15, 0.2) is 18.2 Å². The Balaban J connectivity index is 1.69. The highest BCUT2D eigenvalue weighted by molar-refractivity contribution is 5.96. The molecule has 2 aliphatic heterocycles. The lowest BCUT2D eigenvalue weighted by Gasteiger charge is -2.45. The van der Waals surface area contributed by atoms with Gasteiger partial charge in [0.25, 0.3) is 5.91 Å². The number of hydrogen-bond acceptors (Lipinski definition) is 4. The van der Waals surface area contributed by atoms with Gasteiger partial charge >= 0.3 is 6.03 Å². The fourth-order valence-corrected chi connectivity index (χ4v) is 3.14.